The van der Waals surface area contributed by atoms with Crippen molar-refractivity contribution in [2.45, 2.75) is 6.18 Å². The highest BCUT2D eigenvalue weighted by molar-refractivity contribution is 6.04. The minimum Gasteiger partial charge on any atom is -0.322 e. The van der Waals surface area contributed by atoms with Crippen molar-refractivity contribution in [1.29, 1.82) is 5.26 Å². The van der Waals surface area contributed by atoms with Gasteiger partial charge in [-0.1, -0.05) is 12.1 Å². The summed E-state index contributed by atoms with van der Waals surface area (Å²) in [6.07, 6.45) is -4.47. The van der Waals surface area contributed by atoms with Crippen molar-refractivity contribution in [2.75, 3.05) is 5.32 Å². The SMILES string of the molecule is N#Cc1cccc(C(=O)Nc2cccc(C(F)(F)F)c2)c1. The number of halogens is 3. The van der Waals surface area contributed by atoms with E-state index in [9.17, 15) is 18.0 Å². The van der Waals surface area contributed by atoms with E-state index in [-0.39, 0.29) is 11.3 Å². The highest BCUT2D eigenvalue weighted by Crippen LogP contribution is 2.30. The first-order valence-electron chi connectivity index (χ1n) is 5.89. The predicted molar refractivity (Wildman–Crippen MR) is 70.6 cm³/mol. The maximum Gasteiger partial charge on any atom is 0.416 e. The zero-order valence-electron chi connectivity index (χ0n) is 10.6. The maximum absolute atomic E-state index is 12.6. The monoisotopic (exact) mass is 290 g/mol. The maximum atomic E-state index is 12.6. The standard InChI is InChI=1S/C15H9F3N2O/c16-15(17,18)12-5-2-6-13(8-12)20-14(21)11-4-1-3-10(7-11)9-19/h1-8H,(H,20,21). The number of nitrogens with zero attached hydrogens (tertiary/aromatic N) is 1. The van der Waals surface area contributed by atoms with Gasteiger partial charge in [0.1, 0.15) is 0 Å². The molecule has 0 aliphatic heterocycles. The average Bonchev–Trinajstić information content (AvgIpc) is 2.46. The number of alkyl halides is 3. The van der Waals surface area contributed by atoms with Crippen LogP contribution < -0.4 is 5.32 Å². The number of carbonyl (C=O) groups is 1. The molecule has 2 aromatic rings. The molecule has 6 heteroatoms. The van der Waals surface area contributed by atoms with E-state index in [1.807, 2.05) is 6.07 Å². The van der Waals surface area contributed by atoms with Crippen molar-refractivity contribution in [2.24, 2.45) is 0 Å². The molecule has 106 valence electrons. The average molecular weight is 290 g/mol. The van der Waals surface area contributed by atoms with E-state index in [1.54, 1.807) is 0 Å². The molecule has 0 radical (unpaired) electrons. The molecule has 2 rings (SSSR count). The summed E-state index contributed by atoms with van der Waals surface area (Å²) in [4.78, 5) is 11.9. The van der Waals surface area contributed by atoms with Crippen molar-refractivity contribution < 1.29 is 18.0 Å². The van der Waals surface area contributed by atoms with E-state index in [1.165, 1.54) is 36.4 Å². The summed E-state index contributed by atoms with van der Waals surface area (Å²) in [7, 11) is 0. The van der Waals surface area contributed by atoms with Gasteiger partial charge in [0.2, 0.25) is 0 Å². The molecule has 1 N–H and O–H groups in total. The molecule has 0 heterocycles. The highest BCUT2D eigenvalue weighted by Gasteiger charge is 2.30. The summed E-state index contributed by atoms with van der Waals surface area (Å²) < 4.78 is 37.7. The third-order valence-corrected chi connectivity index (χ3v) is 2.70. The Morgan fingerprint density at radius 2 is 1.81 bits per heavy atom. The van der Waals surface area contributed by atoms with E-state index in [0.29, 0.717) is 5.56 Å². The number of anilines is 1. The van der Waals surface area contributed by atoms with Crippen LogP contribution in [-0.2, 0) is 6.18 Å². The molecule has 0 saturated heterocycles. The minimum absolute atomic E-state index is 0.0391. The number of amides is 1. The van der Waals surface area contributed by atoms with Gasteiger partial charge >= 0.3 is 6.18 Å². The molecule has 0 aliphatic rings. The fraction of sp³-hybridized carbons (Fsp3) is 0.0667. The van der Waals surface area contributed by atoms with E-state index in [4.69, 9.17) is 5.26 Å². The number of benzene rings is 2. The fourth-order valence-corrected chi connectivity index (χ4v) is 1.71. The molecular weight excluding hydrogens is 281 g/mol. The molecule has 0 spiro atoms. The molecule has 0 aliphatic carbocycles. The molecule has 0 aromatic heterocycles. The number of nitrogens with one attached hydrogen (secondary N) is 1. The molecule has 2 aromatic carbocycles. The van der Waals surface area contributed by atoms with Crippen molar-refractivity contribution >= 4 is 11.6 Å². The van der Waals surface area contributed by atoms with E-state index in [2.05, 4.69) is 5.32 Å². The molecule has 3 nitrogen and oxygen atoms in total. The van der Waals surface area contributed by atoms with Crippen LogP contribution in [0, 0.1) is 11.3 Å². The Morgan fingerprint density at radius 3 is 2.48 bits per heavy atom. The van der Waals surface area contributed by atoms with Gasteiger partial charge in [-0.3, -0.25) is 4.79 Å². The number of hydrogen-bond acceptors (Lipinski definition) is 2. The molecule has 0 fully saturated rings. The van der Waals surface area contributed by atoms with E-state index < -0.39 is 17.6 Å². The second-order valence-corrected chi connectivity index (χ2v) is 4.23. The smallest absolute Gasteiger partial charge is 0.322 e. The Balaban J connectivity index is 2.22. The first kappa shape index (κ1) is 14.6. The Kier molecular flexibility index (Phi) is 3.94. The second-order valence-electron chi connectivity index (χ2n) is 4.23. The van der Waals surface area contributed by atoms with Gasteiger partial charge in [-0.25, -0.2) is 0 Å². The van der Waals surface area contributed by atoms with Gasteiger partial charge < -0.3 is 5.32 Å². The van der Waals surface area contributed by atoms with Crippen LogP contribution in [0.5, 0.6) is 0 Å². The Morgan fingerprint density at radius 1 is 1.10 bits per heavy atom. The zero-order chi connectivity index (χ0) is 15.5. The number of nitriles is 1. The minimum atomic E-state index is -4.47. The number of hydrogen-bond donors (Lipinski definition) is 1. The number of carbonyl (C=O) groups excluding carboxylic acids is 1. The van der Waals surface area contributed by atoms with Gasteiger partial charge in [0.05, 0.1) is 17.2 Å². The highest BCUT2D eigenvalue weighted by atomic mass is 19.4. The Bertz CT molecular complexity index is 717. The third kappa shape index (κ3) is 3.60. The lowest BCUT2D eigenvalue weighted by atomic mass is 10.1. The summed E-state index contributed by atoms with van der Waals surface area (Å²) >= 11 is 0. The van der Waals surface area contributed by atoms with E-state index >= 15 is 0 Å². The number of rotatable bonds is 2. The molecule has 0 bridgehead atoms. The van der Waals surface area contributed by atoms with Crippen LogP contribution >= 0.6 is 0 Å². The predicted octanol–water partition coefficient (Wildman–Crippen LogP) is 3.83. The Labute approximate surface area is 118 Å². The zero-order valence-corrected chi connectivity index (χ0v) is 10.6. The van der Waals surface area contributed by atoms with Crippen LogP contribution in [0.2, 0.25) is 0 Å². The van der Waals surface area contributed by atoms with Crippen LogP contribution in [0.25, 0.3) is 0 Å². The molecule has 0 unspecified atom stereocenters. The van der Waals surface area contributed by atoms with Crippen molar-refractivity contribution in [1.82, 2.24) is 0 Å². The van der Waals surface area contributed by atoms with Gasteiger partial charge in [0.25, 0.3) is 5.91 Å². The molecule has 0 saturated carbocycles. The van der Waals surface area contributed by atoms with Gasteiger partial charge in [-0.2, -0.15) is 18.4 Å². The van der Waals surface area contributed by atoms with Crippen LogP contribution in [0.4, 0.5) is 18.9 Å². The second kappa shape index (κ2) is 5.67. The lowest BCUT2D eigenvalue weighted by Gasteiger charge is -2.10. The van der Waals surface area contributed by atoms with Gasteiger partial charge in [-0.05, 0) is 36.4 Å². The van der Waals surface area contributed by atoms with Gasteiger partial charge in [0, 0.05) is 11.3 Å². The molecular formula is C15H9F3N2O. The van der Waals surface area contributed by atoms with Crippen LogP contribution in [0.3, 0.4) is 0 Å². The molecule has 1 amide bonds. The van der Waals surface area contributed by atoms with Crippen molar-refractivity contribution in [3.05, 3.63) is 65.2 Å². The summed E-state index contributed by atoms with van der Waals surface area (Å²) in [5.74, 6) is -0.577. The lowest BCUT2D eigenvalue weighted by Crippen LogP contribution is -2.13. The summed E-state index contributed by atoms with van der Waals surface area (Å²) in [5.41, 5.74) is -0.304. The topological polar surface area (TPSA) is 52.9 Å². The molecule has 0 atom stereocenters. The fourth-order valence-electron chi connectivity index (χ4n) is 1.71. The quantitative estimate of drug-likeness (QED) is 0.913. The normalized spacial score (nSPS) is 10.8. The van der Waals surface area contributed by atoms with Crippen LogP contribution in [0.15, 0.2) is 48.5 Å². The largest absolute Gasteiger partial charge is 0.416 e. The summed E-state index contributed by atoms with van der Waals surface area (Å²) in [6.45, 7) is 0. The van der Waals surface area contributed by atoms with Gasteiger partial charge in [-0.15, -0.1) is 0 Å². The summed E-state index contributed by atoms with van der Waals surface area (Å²) in [5, 5.41) is 11.1. The lowest BCUT2D eigenvalue weighted by molar-refractivity contribution is -0.137. The Hall–Kier alpha value is -2.81. The first-order chi connectivity index (χ1) is 9.90. The van der Waals surface area contributed by atoms with Crippen LogP contribution in [-0.4, -0.2) is 5.91 Å². The third-order valence-electron chi connectivity index (χ3n) is 2.70. The summed E-state index contributed by atoms with van der Waals surface area (Å²) in [6, 6.07) is 12.1. The molecule has 21 heavy (non-hydrogen) atoms. The van der Waals surface area contributed by atoms with E-state index in [0.717, 1.165) is 12.1 Å². The van der Waals surface area contributed by atoms with Crippen LogP contribution in [0.1, 0.15) is 21.5 Å². The van der Waals surface area contributed by atoms with Crippen molar-refractivity contribution in [3.8, 4) is 6.07 Å². The first-order valence-corrected chi connectivity index (χ1v) is 5.89. The van der Waals surface area contributed by atoms with Gasteiger partial charge in [0.15, 0.2) is 0 Å². The van der Waals surface area contributed by atoms with Crippen molar-refractivity contribution in [3.63, 3.8) is 0 Å².